The predicted molar refractivity (Wildman–Crippen MR) is 74.2 cm³/mol. The lowest BCUT2D eigenvalue weighted by molar-refractivity contribution is -0.148. The third-order valence-electron chi connectivity index (χ3n) is 2.95. The fourth-order valence-electron chi connectivity index (χ4n) is 1.76. The molecule has 1 aromatic heterocycles. The normalized spacial score (nSPS) is 11.2. The summed E-state index contributed by atoms with van der Waals surface area (Å²) in [6.07, 6.45) is 0.156. The zero-order chi connectivity index (χ0) is 17.2. The summed E-state index contributed by atoms with van der Waals surface area (Å²) in [6.45, 7) is 0. The molecule has 1 heterocycles. The van der Waals surface area contributed by atoms with Crippen molar-refractivity contribution in [2.75, 3.05) is 0 Å². The number of hydrogen-bond acceptors (Lipinski definition) is 5. The van der Waals surface area contributed by atoms with Gasteiger partial charge in [-0.1, -0.05) is 0 Å². The summed E-state index contributed by atoms with van der Waals surface area (Å²) in [7, 11) is -3.96. The van der Waals surface area contributed by atoms with Crippen molar-refractivity contribution < 1.29 is 32.3 Å². The first-order chi connectivity index (χ1) is 10.7. The van der Waals surface area contributed by atoms with Gasteiger partial charge < -0.3 is 10.1 Å². The Kier molecular flexibility index (Phi) is 4.41. The highest BCUT2D eigenvalue weighted by Gasteiger charge is 2.23. The van der Waals surface area contributed by atoms with Crippen LogP contribution in [0, 0.1) is 5.82 Å². The summed E-state index contributed by atoms with van der Waals surface area (Å²) < 4.78 is 37.4. The number of aromatic amines is 1. The number of nitrogens with one attached hydrogen (secondary N) is 1. The summed E-state index contributed by atoms with van der Waals surface area (Å²) in [5.74, 6) is -4.49. The molecule has 0 amide bonds. The maximum atomic E-state index is 12.8. The van der Waals surface area contributed by atoms with Gasteiger partial charge in [-0.2, -0.15) is 0 Å². The van der Waals surface area contributed by atoms with Gasteiger partial charge in [0, 0.05) is 6.20 Å². The Morgan fingerprint density at radius 1 is 1.09 bits per heavy atom. The number of carboxylic acids is 1. The van der Waals surface area contributed by atoms with Crippen molar-refractivity contribution in [2.45, 2.75) is 16.2 Å². The van der Waals surface area contributed by atoms with Crippen LogP contribution in [0.25, 0.3) is 0 Å². The van der Waals surface area contributed by atoms with Crippen LogP contribution in [0.2, 0.25) is 0 Å². The third kappa shape index (κ3) is 3.51. The average molecular weight is 339 g/mol. The van der Waals surface area contributed by atoms with Crippen molar-refractivity contribution >= 4 is 27.4 Å². The van der Waals surface area contributed by atoms with Gasteiger partial charge in [-0.05, 0) is 30.3 Å². The summed E-state index contributed by atoms with van der Waals surface area (Å²) in [5, 5.41) is 8.44. The number of hydrogen-bond donors (Lipinski definition) is 2. The molecule has 0 bridgehead atoms. The highest BCUT2D eigenvalue weighted by atomic mass is 32.2. The van der Waals surface area contributed by atoms with Gasteiger partial charge in [-0.3, -0.25) is 9.59 Å². The molecule has 7 nitrogen and oxygen atoms in total. The molecule has 120 valence electrons. The minimum atomic E-state index is -3.96. The molecule has 0 saturated heterocycles. The SMILES string of the molecule is O=C(O)C(=O)CC(=O)c1cc(S(=O)(=O)c2ccc(F)cc2)c[nH]1. The number of ketones is 2. The van der Waals surface area contributed by atoms with Gasteiger partial charge in [0.05, 0.1) is 21.9 Å². The standard InChI is InChI=1S/C14H10FNO6S/c15-8-1-3-9(4-2-8)23(21,22)10-5-11(16-7-10)12(17)6-13(18)14(19)20/h1-5,7,16H,6H2,(H,19,20). The molecule has 0 aliphatic heterocycles. The first-order valence-electron chi connectivity index (χ1n) is 6.20. The lowest BCUT2D eigenvalue weighted by atomic mass is 10.1. The number of rotatable bonds is 6. The van der Waals surface area contributed by atoms with Gasteiger partial charge in [-0.15, -0.1) is 0 Å². The molecule has 0 spiro atoms. The number of carboxylic acid groups (broad SMARTS) is 1. The monoisotopic (exact) mass is 339 g/mol. The number of H-pyrrole nitrogens is 1. The van der Waals surface area contributed by atoms with Crippen molar-refractivity contribution in [3.8, 4) is 0 Å². The van der Waals surface area contributed by atoms with Crippen LogP contribution in [0.3, 0.4) is 0 Å². The Morgan fingerprint density at radius 2 is 1.70 bits per heavy atom. The number of sulfone groups is 1. The van der Waals surface area contributed by atoms with Crippen molar-refractivity contribution in [3.63, 3.8) is 0 Å². The lowest BCUT2D eigenvalue weighted by Gasteiger charge is -2.01. The molecule has 0 unspecified atom stereocenters. The highest BCUT2D eigenvalue weighted by Crippen LogP contribution is 2.22. The van der Waals surface area contributed by atoms with Crippen LogP contribution in [0.5, 0.6) is 0 Å². The Bertz CT molecular complexity index is 882. The number of benzene rings is 1. The van der Waals surface area contributed by atoms with Gasteiger partial charge in [0.1, 0.15) is 5.82 Å². The quantitative estimate of drug-likeness (QED) is 0.353. The number of carbonyl (C=O) groups is 3. The van der Waals surface area contributed by atoms with Crippen molar-refractivity contribution in [2.24, 2.45) is 0 Å². The minimum absolute atomic E-state index is 0.168. The first-order valence-corrected chi connectivity index (χ1v) is 7.68. The molecule has 23 heavy (non-hydrogen) atoms. The van der Waals surface area contributed by atoms with Crippen LogP contribution in [0.1, 0.15) is 16.9 Å². The second-order valence-electron chi connectivity index (χ2n) is 4.53. The van der Waals surface area contributed by atoms with Crippen molar-refractivity contribution in [1.82, 2.24) is 4.98 Å². The van der Waals surface area contributed by atoms with Crippen LogP contribution in [-0.2, 0) is 19.4 Å². The summed E-state index contributed by atoms with van der Waals surface area (Å²) >= 11 is 0. The Balaban J connectivity index is 2.28. The van der Waals surface area contributed by atoms with Crippen LogP contribution in [0.15, 0.2) is 46.3 Å². The molecule has 2 N–H and O–H groups in total. The summed E-state index contributed by atoms with van der Waals surface area (Å²) in [6, 6.07) is 5.12. The second-order valence-corrected chi connectivity index (χ2v) is 6.48. The van der Waals surface area contributed by atoms with Gasteiger partial charge in [0.25, 0.3) is 0 Å². The number of aromatic nitrogens is 1. The van der Waals surface area contributed by atoms with E-state index >= 15 is 0 Å². The molecule has 0 aliphatic rings. The van der Waals surface area contributed by atoms with E-state index in [1.807, 2.05) is 0 Å². The Morgan fingerprint density at radius 3 is 2.26 bits per heavy atom. The number of Topliss-reactive ketones (excluding diaryl/α,β-unsaturated/α-hetero) is 2. The maximum absolute atomic E-state index is 12.8. The molecule has 2 rings (SSSR count). The van der Waals surface area contributed by atoms with E-state index in [0.29, 0.717) is 0 Å². The lowest BCUT2D eigenvalue weighted by Crippen LogP contribution is -2.17. The smallest absolute Gasteiger partial charge is 0.372 e. The molecule has 0 atom stereocenters. The van der Waals surface area contributed by atoms with Crippen molar-refractivity contribution in [3.05, 3.63) is 48.0 Å². The third-order valence-corrected chi connectivity index (χ3v) is 4.70. The highest BCUT2D eigenvalue weighted by molar-refractivity contribution is 7.91. The molecule has 0 saturated carbocycles. The Hall–Kier alpha value is -2.81. The van der Waals surface area contributed by atoms with Crippen LogP contribution < -0.4 is 0 Å². The average Bonchev–Trinajstić information content (AvgIpc) is 2.98. The zero-order valence-corrected chi connectivity index (χ0v) is 12.3. The molecule has 0 radical (unpaired) electrons. The molecule has 2 aromatic rings. The van der Waals surface area contributed by atoms with Crippen LogP contribution >= 0.6 is 0 Å². The maximum Gasteiger partial charge on any atom is 0.372 e. The number of aliphatic carboxylic acids is 1. The van der Waals surface area contributed by atoms with Gasteiger partial charge in [0.15, 0.2) is 5.78 Å². The zero-order valence-electron chi connectivity index (χ0n) is 11.4. The largest absolute Gasteiger partial charge is 0.475 e. The number of halogens is 1. The van der Waals surface area contributed by atoms with Gasteiger partial charge >= 0.3 is 5.97 Å². The van der Waals surface area contributed by atoms with Gasteiger partial charge in [-0.25, -0.2) is 17.6 Å². The number of carbonyl (C=O) groups excluding carboxylic acids is 2. The van der Waals surface area contributed by atoms with E-state index in [2.05, 4.69) is 4.98 Å². The van der Waals surface area contributed by atoms with E-state index in [4.69, 9.17) is 5.11 Å². The van der Waals surface area contributed by atoms with E-state index in [1.165, 1.54) is 0 Å². The fraction of sp³-hybridized carbons (Fsp3) is 0.0714. The van der Waals surface area contributed by atoms with E-state index in [-0.39, 0.29) is 15.5 Å². The molecule has 1 aromatic carbocycles. The van der Waals surface area contributed by atoms with E-state index in [1.54, 1.807) is 0 Å². The molecular weight excluding hydrogens is 329 g/mol. The summed E-state index contributed by atoms with van der Waals surface area (Å²) in [4.78, 5) is 35.1. The van der Waals surface area contributed by atoms with E-state index < -0.39 is 39.6 Å². The fourth-order valence-corrected chi connectivity index (χ4v) is 3.01. The summed E-state index contributed by atoms with van der Waals surface area (Å²) in [5.41, 5.74) is -0.208. The molecule has 0 aliphatic carbocycles. The molecule has 0 fully saturated rings. The topological polar surface area (TPSA) is 121 Å². The van der Waals surface area contributed by atoms with Gasteiger partial charge in [0.2, 0.25) is 15.6 Å². The van der Waals surface area contributed by atoms with Crippen LogP contribution in [0.4, 0.5) is 4.39 Å². The Labute approximate surface area is 129 Å². The van der Waals surface area contributed by atoms with E-state index in [0.717, 1.165) is 36.5 Å². The van der Waals surface area contributed by atoms with Crippen LogP contribution in [-0.4, -0.2) is 36.0 Å². The van der Waals surface area contributed by atoms with Crippen molar-refractivity contribution in [1.29, 1.82) is 0 Å². The first kappa shape index (κ1) is 16.6. The van der Waals surface area contributed by atoms with E-state index in [9.17, 15) is 27.2 Å². The molecule has 9 heteroatoms. The predicted octanol–water partition coefficient (Wildman–Crippen LogP) is 1.21. The molecular formula is C14H10FNO6S. The second kappa shape index (κ2) is 6.13. The minimum Gasteiger partial charge on any atom is -0.475 e.